The van der Waals surface area contributed by atoms with E-state index < -0.39 is 0 Å². The molecule has 0 aliphatic rings. The molecule has 0 spiro atoms. The lowest BCUT2D eigenvalue weighted by atomic mass is 9.86. The Morgan fingerprint density at radius 2 is 0.789 bits per heavy atom. The molecule has 0 amide bonds. The Bertz CT molecular complexity index is 1610. The molecule has 2 heterocycles. The number of rotatable bonds is 4. The Labute approximate surface area is 224 Å². The number of aromatic nitrogens is 2. The molecule has 0 fully saturated rings. The fourth-order valence-corrected chi connectivity index (χ4v) is 5.60. The molecule has 2 nitrogen and oxygen atoms in total. The summed E-state index contributed by atoms with van der Waals surface area (Å²) in [4.78, 5) is 8.84. The first-order valence-electron chi connectivity index (χ1n) is 13.0. The monoisotopic (exact) mass is 490 g/mol. The average molecular weight is 491 g/mol. The summed E-state index contributed by atoms with van der Waals surface area (Å²) in [6.07, 6.45) is 7.56. The van der Waals surface area contributed by atoms with Crippen LogP contribution in [0.5, 0.6) is 0 Å². The quantitative estimate of drug-likeness (QED) is 0.246. The number of fused-ring (bicyclic) bond motifs is 1. The van der Waals surface area contributed by atoms with Crippen LogP contribution in [-0.4, -0.2) is 9.97 Å². The van der Waals surface area contributed by atoms with E-state index in [1.807, 2.05) is 36.9 Å². The minimum absolute atomic E-state index is 1.11. The van der Waals surface area contributed by atoms with Gasteiger partial charge in [-0.25, -0.2) is 0 Å². The Kier molecular flexibility index (Phi) is 6.09. The van der Waals surface area contributed by atoms with Crippen LogP contribution in [0.4, 0.5) is 0 Å². The lowest BCUT2D eigenvalue weighted by Crippen LogP contribution is -1.93. The maximum atomic E-state index is 4.42. The van der Waals surface area contributed by atoms with Crippen molar-refractivity contribution >= 4 is 10.8 Å². The molecular weight excluding hydrogens is 460 g/mol. The van der Waals surface area contributed by atoms with Crippen LogP contribution in [0.3, 0.4) is 0 Å². The molecule has 38 heavy (non-hydrogen) atoms. The first-order valence-corrected chi connectivity index (χ1v) is 13.0. The fraction of sp³-hybridized carbons (Fsp3) is 0.111. The summed E-state index contributed by atoms with van der Waals surface area (Å²) in [6.45, 7) is 8.69. The SMILES string of the molecule is Cc1cc(C)cc(-c2cc(-c3cccnc3)cc3c(-c4cc(C)cc(C)c4)cc(-c4cccnc4)cc23)c1. The van der Waals surface area contributed by atoms with Crippen LogP contribution in [0.2, 0.25) is 0 Å². The first kappa shape index (κ1) is 23.8. The molecule has 0 N–H and O–H groups in total. The summed E-state index contributed by atoms with van der Waals surface area (Å²) in [7, 11) is 0. The van der Waals surface area contributed by atoms with Crippen LogP contribution in [-0.2, 0) is 0 Å². The molecule has 0 saturated heterocycles. The Morgan fingerprint density at radius 1 is 0.395 bits per heavy atom. The van der Waals surface area contributed by atoms with Gasteiger partial charge in [-0.15, -0.1) is 0 Å². The van der Waals surface area contributed by atoms with Gasteiger partial charge >= 0.3 is 0 Å². The Balaban J connectivity index is 1.76. The van der Waals surface area contributed by atoms with Gasteiger partial charge in [0, 0.05) is 35.9 Å². The first-order chi connectivity index (χ1) is 18.4. The maximum absolute atomic E-state index is 4.42. The summed E-state index contributed by atoms with van der Waals surface area (Å²) >= 11 is 0. The third kappa shape index (κ3) is 4.62. The molecule has 2 aromatic heterocycles. The van der Waals surface area contributed by atoms with Crippen LogP contribution >= 0.6 is 0 Å². The van der Waals surface area contributed by atoms with Gasteiger partial charge in [0.25, 0.3) is 0 Å². The molecule has 0 saturated carbocycles. The second-order valence-electron chi connectivity index (χ2n) is 10.4. The van der Waals surface area contributed by atoms with Gasteiger partial charge < -0.3 is 0 Å². The van der Waals surface area contributed by atoms with Gasteiger partial charge in [-0.05, 0) is 108 Å². The predicted molar refractivity (Wildman–Crippen MR) is 160 cm³/mol. The minimum Gasteiger partial charge on any atom is -0.264 e. The average Bonchev–Trinajstić information content (AvgIpc) is 2.91. The van der Waals surface area contributed by atoms with Crippen molar-refractivity contribution in [1.29, 1.82) is 0 Å². The van der Waals surface area contributed by atoms with Crippen molar-refractivity contribution in [2.75, 3.05) is 0 Å². The molecule has 2 heteroatoms. The zero-order valence-corrected chi connectivity index (χ0v) is 22.3. The number of hydrogen-bond acceptors (Lipinski definition) is 2. The molecule has 0 unspecified atom stereocenters. The third-order valence-corrected chi connectivity index (χ3v) is 7.12. The standard InChI is InChI=1S/C36H30N2/c1-23-11-24(2)14-31(13-23)33-17-29(27-7-5-9-37-21-27)20-36-34(32-15-25(3)12-26(4)16-32)18-30(19-35(33)36)28-8-6-10-38-22-28/h5-22H,1-4H3. The number of hydrogen-bond donors (Lipinski definition) is 0. The Morgan fingerprint density at radius 3 is 1.13 bits per heavy atom. The molecule has 0 radical (unpaired) electrons. The third-order valence-electron chi connectivity index (χ3n) is 7.12. The summed E-state index contributed by atoms with van der Waals surface area (Å²) in [6, 6.07) is 31.2. The molecular formula is C36H30N2. The molecule has 0 aliphatic carbocycles. The number of nitrogens with zero attached hydrogens (tertiary/aromatic N) is 2. The molecule has 0 bridgehead atoms. The van der Waals surface area contributed by atoms with Crippen LogP contribution in [0.15, 0.2) is 110 Å². The van der Waals surface area contributed by atoms with Crippen LogP contribution in [0, 0.1) is 27.7 Å². The smallest absolute Gasteiger partial charge is 0.0346 e. The van der Waals surface area contributed by atoms with Gasteiger partial charge in [0.2, 0.25) is 0 Å². The summed E-state index contributed by atoms with van der Waals surface area (Å²) < 4.78 is 0. The van der Waals surface area contributed by atoms with Crippen molar-refractivity contribution in [1.82, 2.24) is 9.97 Å². The second kappa shape index (κ2) is 9.72. The molecule has 184 valence electrons. The van der Waals surface area contributed by atoms with Crippen LogP contribution in [0.1, 0.15) is 22.3 Å². The number of aryl methyl sites for hydroxylation is 4. The maximum Gasteiger partial charge on any atom is 0.0346 e. The van der Waals surface area contributed by atoms with E-state index in [-0.39, 0.29) is 0 Å². The molecule has 4 aromatic carbocycles. The molecule has 6 rings (SSSR count). The second-order valence-corrected chi connectivity index (χ2v) is 10.4. The van der Waals surface area contributed by atoms with Gasteiger partial charge in [0.15, 0.2) is 0 Å². The van der Waals surface area contributed by atoms with Crippen molar-refractivity contribution < 1.29 is 0 Å². The van der Waals surface area contributed by atoms with Crippen LogP contribution in [0.25, 0.3) is 55.3 Å². The van der Waals surface area contributed by atoms with Crippen molar-refractivity contribution in [2.45, 2.75) is 27.7 Å². The summed E-state index contributed by atoms with van der Waals surface area (Å²) in [5.41, 5.74) is 14.5. The van der Waals surface area contributed by atoms with E-state index in [9.17, 15) is 0 Å². The van der Waals surface area contributed by atoms with Crippen LogP contribution < -0.4 is 0 Å². The van der Waals surface area contributed by atoms with E-state index in [0.29, 0.717) is 0 Å². The van der Waals surface area contributed by atoms with Crippen molar-refractivity contribution in [3.63, 3.8) is 0 Å². The Hall–Kier alpha value is -4.56. The highest BCUT2D eigenvalue weighted by molar-refractivity contribution is 6.09. The number of pyridine rings is 2. The highest BCUT2D eigenvalue weighted by Gasteiger charge is 2.16. The van der Waals surface area contributed by atoms with E-state index in [2.05, 4.69) is 110 Å². The van der Waals surface area contributed by atoms with Gasteiger partial charge in [-0.1, -0.05) is 70.8 Å². The van der Waals surface area contributed by atoms with E-state index in [4.69, 9.17) is 0 Å². The topological polar surface area (TPSA) is 25.8 Å². The molecule has 6 aromatic rings. The highest BCUT2D eigenvalue weighted by Crippen LogP contribution is 2.42. The normalized spacial score (nSPS) is 11.2. The van der Waals surface area contributed by atoms with Gasteiger partial charge in [0.1, 0.15) is 0 Å². The highest BCUT2D eigenvalue weighted by atomic mass is 14.6. The number of benzene rings is 4. The molecule has 0 aliphatic heterocycles. The summed E-state index contributed by atoms with van der Waals surface area (Å²) in [5, 5.41) is 2.47. The van der Waals surface area contributed by atoms with Crippen molar-refractivity contribution in [2.24, 2.45) is 0 Å². The van der Waals surface area contributed by atoms with Gasteiger partial charge in [0.05, 0.1) is 0 Å². The van der Waals surface area contributed by atoms with E-state index in [1.165, 1.54) is 66.4 Å². The van der Waals surface area contributed by atoms with Gasteiger partial charge in [-0.3, -0.25) is 9.97 Å². The van der Waals surface area contributed by atoms with E-state index >= 15 is 0 Å². The molecule has 0 atom stereocenters. The lowest BCUT2D eigenvalue weighted by molar-refractivity contribution is 1.33. The predicted octanol–water partition coefficient (Wildman–Crippen LogP) is 9.53. The summed E-state index contributed by atoms with van der Waals surface area (Å²) in [5.74, 6) is 0. The van der Waals surface area contributed by atoms with E-state index in [1.54, 1.807) is 0 Å². The zero-order chi connectivity index (χ0) is 26.2. The largest absolute Gasteiger partial charge is 0.264 e. The zero-order valence-electron chi connectivity index (χ0n) is 22.3. The van der Waals surface area contributed by atoms with Crippen molar-refractivity contribution in [3.8, 4) is 44.5 Å². The minimum atomic E-state index is 1.11. The lowest BCUT2D eigenvalue weighted by Gasteiger charge is -2.18. The van der Waals surface area contributed by atoms with Crippen molar-refractivity contribution in [3.05, 3.63) is 132 Å². The van der Waals surface area contributed by atoms with Gasteiger partial charge in [-0.2, -0.15) is 0 Å². The fourth-order valence-electron chi connectivity index (χ4n) is 5.60. The van der Waals surface area contributed by atoms with E-state index in [0.717, 1.165) is 11.1 Å².